The number of amides is 2. The molecule has 0 saturated carbocycles. The van der Waals surface area contributed by atoms with Gasteiger partial charge in [-0.25, -0.2) is 0 Å². The smallest absolute Gasteiger partial charge is 0.227 e. The van der Waals surface area contributed by atoms with E-state index in [1.54, 1.807) is 0 Å². The van der Waals surface area contributed by atoms with Crippen molar-refractivity contribution in [1.29, 1.82) is 0 Å². The van der Waals surface area contributed by atoms with Crippen LogP contribution in [0, 0.1) is 12.8 Å². The van der Waals surface area contributed by atoms with Gasteiger partial charge < -0.3 is 14.7 Å². The summed E-state index contributed by atoms with van der Waals surface area (Å²) >= 11 is 0. The molecule has 20 heavy (non-hydrogen) atoms. The third kappa shape index (κ3) is 2.55. The van der Waals surface area contributed by atoms with Gasteiger partial charge in [0.1, 0.15) is 5.76 Å². The Morgan fingerprint density at radius 1 is 1.45 bits per heavy atom. The highest BCUT2D eigenvalue weighted by Crippen LogP contribution is 2.29. The predicted molar refractivity (Wildman–Crippen MR) is 70.9 cm³/mol. The first kappa shape index (κ1) is 13.1. The molecule has 1 N–H and O–H groups in total. The molecule has 1 atom stereocenters. The van der Waals surface area contributed by atoms with Crippen LogP contribution in [0.2, 0.25) is 0 Å². The maximum absolute atomic E-state index is 12.3. The van der Waals surface area contributed by atoms with Crippen molar-refractivity contribution in [3.63, 3.8) is 0 Å². The molecule has 6 nitrogen and oxygen atoms in total. The molecule has 2 aliphatic rings. The van der Waals surface area contributed by atoms with Crippen LogP contribution in [0.15, 0.2) is 10.6 Å². The Morgan fingerprint density at radius 3 is 2.75 bits per heavy atom. The van der Waals surface area contributed by atoms with E-state index < -0.39 is 0 Å². The zero-order chi connectivity index (χ0) is 14.1. The molecule has 2 amide bonds. The van der Waals surface area contributed by atoms with Crippen LogP contribution in [0.25, 0.3) is 0 Å². The van der Waals surface area contributed by atoms with Crippen molar-refractivity contribution in [1.82, 2.24) is 15.4 Å². The topological polar surface area (TPSA) is 75.4 Å². The van der Waals surface area contributed by atoms with E-state index in [-0.39, 0.29) is 17.7 Å². The Balaban J connectivity index is 1.55. The van der Waals surface area contributed by atoms with Gasteiger partial charge in [-0.15, -0.1) is 0 Å². The molecule has 0 aliphatic carbocycles. The van der Waals surface area contributed by atoms with Gasteiger partial charge >= 0.3 is 0 Å². The van der Waals surface area contributed by atoms with Crippen molar-refractivity contribution >= 4 is 11.8 Å². The average molecular weight is 277 g/mol. The molecule has 0 bridgehead atoms. The summed E-state index contributed by atoms with van der Waals surface area (Å²) in [7, 11) is 0. The lowest BCUT2D eigenvalue weighted by molar-refractivity contribution is -0.136. The zero-order valence-electron chi connectivity index (χ0n) is 11.6. The third-order valence-electron chi connectivity index (χ3n) is 4.18. The molecule has 2 aliphatic heterocycles. The molecule has 1 unspecified atom stereocenters. The molecule has 0 radical (unpaired) electrons. The molecule has 3 rings (SSSR count). The molecule has 0 aromatic carbocycles. The second-order valence-corrected chi connectivity index (χ2v) is 5.68. The maximum atomic E-state index is 12.3. The van der Waals surface area contributed by atoms with Gasteiger partial charge in [-0.3, -0.25) is 9.59 Å². The molecular weight excluding hydrogens is 258 g/mol. The van der Waals surface area contributed by atoms with Crippen LogP contribution in [-0.4, -0.2) is 41.5 Å². The number of aromatic nitrogens is 1. The predicted octanol–water partition coefficient (Wildman–Crippen LogP) is 0.825. The minimum Gasteiger partial charge on any atom is -0.361 e. The second kappa shape index (κ2) is 5.26. The van der Waals surface area contributed by atoms with E-state index >= 15 is 0 Å². The van der Waals surface area contributed by atoms with Crippen molar-refractivity contribution in [2.24, 2.45) is 5.92 Å². The Hall–Kier alpha value is -1.85. The summed E-state index contributed by atoms with van der Waals surface area (Å²) < 4.78 is 5.31. The lowest BCUT2D eigenvalue weighted by atomic mass is 9.93. The van der Waals surface area contributed by atoms with E-state index in [2.05, 4.69) is 10.5 Å². The molecule has 0 spiro atoms. The number of likely N-dealkylation sites (tertiary alicyclic amines) is 1. The largest absolute Gasteiger partial charge is 0.361 e. The fraction of sp³-hybridized carbons (Fsp3) is 0.643. The van der Waals surface area contributed by atoms with Crippen LogP contribution in [0.1, 0.15) is 36.6 Å². The summed E-state index contributed by atoms with van der Waals surface area (Å²) in [5, 5.41) is 6.63. The molecule has 2 saturated heterocycles. The molecule has 3 heterocycles. The normalized spacial score (nSPS) is 23.9. The van der Waals surface area contributed by atoms with Crippen LogP contribution in [0.4, 0.5) is 0 Å². The van der Waals surface area contributed by atoms with E-state index in [4.69, 9.17) is 4.52 Å². The van der Waals surface area contributed by atoms with Crippen molar-refractivity contribution in [3.05, 3.63) is 17.5 Å². The first-order valence-electron chi connectivity index (χ1n) is 7.12. The number of hydrogen-bond acceptors (Lipinski definition) is 4. The standard InChI is InChI=1S/C14H19N3O3/c1-9-6-12(20-16-9)10-2-4-17(5-3-10)14(19)11-7-13(18)15-8-11/h6,10-11H,2-5,7-8H2,1H3,(H,15,18). The molecule has 1 aromatic heterocycles. The Kier molecular flexibility index (Phi) is 3.46. The number of hydrogen-bond donors (Lipinski definition) is 1. The summed E-state index contributed by atoms with van der Waals surface area (Å²) in [5.41, 5.74) is 0.897. The van der Waals surface area contributed by atoms with E-state index in [0.717, 1.165) is 37.4 Å². The number of nitrogens with one attached hydrogen (secondary N) is 1. The van der Waals surface area contributed by atoms with Crippen molar-refractivity contribution < 1.29 is 14.1 Å². The summed E-state index contributed by atoms with van der Waals surface area (Å²) in [6.45, 7) is 3.86. The van der Waals surface area contributed by atoms with Crippen molar-refractivity contribution in [3.8, 4) is 0 Å². The lowest BCUT2D eigenvalue weighted by Crippen LogP contribution is -2.41. The summed E-state index contributed by atoms with van der Waals surface area (Å²) in [4.78, 5) is 25.3. The highest BCUT2D eigenvalue weighted by Gasteiger charge is 2.33. The molecule has 108 valence electrons. The number of nitrogens with zero attached hydrogens (tertiary/aromatic N) is 2. The fourth-order valence-electron chi connectivity index (χ4n) is 3.00. The molecule has 2 fully saturated rings. The van der Waals surface area contributed by atoms with Crippen LogP contribution >= 0.6 is 0 Å². The minimum atomic E-state index is -0.174. The number of rotatable bonds is 2. The van der Waals surface area contributed by atoms with Crippen LogP contribution in [0.3, 0.4) is 0 Å². The van der Waals surface area contributed by atoms with Gasteiger partial charge in [0.25, 0.3) is 0 Å². The van der Waals surface area contributed by atoms with E-state index in [0.29, 0.717) is 18.9 Å². The fourth-order valence-corrected chi connectivity index (χ4v) is 3.00. The number of carbonyl (C=O) groups excluding carboxylic acids is 2. The van der Waals surface area contributed by atoms with Gasteiger partial charge in [0, 0.05) is 38.0 Å². The zero-order valence-corrected chi connectivity index (χ0v) is 11.6. The van der Waals surface area contributed by atoms with Gasteiger partial charge in [-0.2, -0.15) is 0 Å². The first-order chi connectivity index (χ1) is 9.63. The molecule has 6 heteroatoms. The van der Waals surface area contributed by atoms with Gasteiger partial charge in [-0.05, 0) is 19.8 Å². The van der Waals surface area contributed by atoms with Crippen LogP contribution in [-0.2, 0) is 9.59 Å². The minimum absolute atomic E-state index is 0.0182. The molecule has 1 aromatic rings. The SMILES string of the molecule is Cc1cc(C2CCN(C(=O)C3CNC(=O)C3)CC2)on1. The highest BCUT2D eigenvalue weighted by atomic mass is 16.5. The first-order valence-corrected chi connectivity index (χ1v) is 7.12. The van der Waals surface area contributed by atoms with Crippen molar-refractivity contribution in [2.75, 3.05) is 19.6 Å². The third-order valence-corrected chi connectivity index (χ3v) is 4.18. The summed E-state index contributed by atoms with van der Waals surface area (Å²) in [6.07, 6.45) is 2.13. The number of aryl methyl sites for hydroxylation is 1. The number of piperidine rings is 1. The van der Waals surface area contributed by atoms with Gasteiger partial charge in [0.05, 0.1) is 11.6 Å². The maximum Gasteiger partial charge on any atom is 0.227 e. The van der Waals surface area contributed by atoms with Gasteiger partial charge in [0.15, 0.2) is 0 Å². The van der Waals surface area contributed by atoms with E-state index in [9.17, 15) is 9.59 Å². The van der Waals surface area contributed by atoms with E-state index in [1.807, 2.05) is 17.9 Å². The lowest BCUT2D eigenvalue weighted by Gasteiger charge is -2.32. The van der Waals surface area contributed by atoms with Crippen LogP contribution < -0.4 is 5.32 Å². The summed E-state index contributed by atoms with van der Waals surface area (Å²) in [6, 6.07) is 1.97. The Bertz CT molecular complexity index is 517. The highest BCUT2D eigenvalue weighted by molar-refractivity contribution is 5.89. The Labute approximate surface area is 117 Å². The monoisotopic (exact) mass is 277 g/mol. The number of carbonyl (C=O) groups is 2. The van der Waals surface area contributed by atoms with Crippen molar-refractivity contribution in [2.45, 2.75) is 32.1 Å². The Morgan fingerprint density at radius 2 is 2.20 bits per heavy atom. The second-order valence-electron chi connectivity index (χ2n) is 5.68. The van der Waals surface area contributed by atoms with E-state index in [1.165, 1.54) is 0 Å². The van der Waals surface area contributed by atoms with Crippen LogP contribution in [0.5, 0.6) is 0 Å². The van der Waals surface area contributed by atoms with Gasteiger partial charge in [0.2, 0.25) is 11.8 Å². The average Bonchev–Trinajstić information content (AvgIpc) is 3.07. The molecular formula is C14H19N3O3. The summed E-state index contributed by atoms with van der Waals surface area (Å²) in [5.74, 6) is 1.19. The quantitative estimate of drug-likeness (QED) is 0.868. The van der Waals surface area contributed by atoms with Gasteiger partial charge in [-0.1, -0.05) is 5.16 Å².